The number of anilines is 1. The zero-order chi connectivity index (χ0) is 42.7. The first-order chi connectivity index (χ1) is 29.1. The Hall–Kier alpha value is -5.74. The number of aromatic nitrogens is 1. The molecule has 2 aromatic carbocycles. The Morgan fingerprint density at radius 3 is 2.03 bits per heavy atom. The van der Waals surface area contributed by atoms with E-state index < -0.39 is 23.8 Å². The minimum atomic E-state index is -0.470. The van der Waals surface area contributed by atoms with Crippen LogP contribution in [0, 0.1) is 23.7 Å². The van der Waals surface area contributed by atoms with Gasteiger partial charge in [-0.25, -0.2) is 9.78 Å². The van der Waals surface area contributed by atoms with Crippen LogP contribution in [0.5, 0.6) is 11.5 Å². The van der Waals surface area contributed by atoms with Crippen molar-refractivity contribution in [1.29, 1.82) is 0 Å². The number of fused-ring (bicyclic) bond motifs is 1. The summed E-state index contributed by atoms with van der Waals surface area (Å²) in [6.45, 7) is 8.24. The summed E-state index contributed by atoms with van der Waals surface area (Å²) in [5.41, 5.74) is 4.16. The third-order valence-corrected chi connectivity index (χ3v) is 11.4. The summed E-state index contributed by atoms with van der Waals surface area (Å²) in [7, 11) is 0. The van der Waals surface area contributed by atoms with E-state index >= 15 is 0 Å². The average Bonchev–Trinajstić information content (AvgIpc) is 3.69. The zero-order valence-electron chi connectivity index (χ0n) is 33.7. The smallest absolute Gasteiger partial charge is 0.330 e. The first kappa shape index (κ1) is 45.3. The van der Waals surface area contributed by atoms with Crippen LogP contribution in [0.1, 0.15) is 76.2 Å². The Kier molecular flexibility index (Phi) is 17.9. The maximum Gasteiger partial charge on any atom is 0.330 e. The van der Waals surface area contributed by atoms with E-state index in [1.165, 1.54) is 23.6 Å². The largest absolute Gasteiger partial charge is 0.463 e. The number of hydrogen-bond donors (Lipinski definition) is 3. The van der Waals surface area contributed by atoms with Gasteiger partial charge in [0.1, 0.15) is 18.1 Å². The van der Waals surface area contributed by atoms with Crippen molar-refractivity contribution in [3.05, 3.63) is 73.3 Å². The Bertz CT molecular complexity index is 1980. The highest BCUT2D eigenvalue weighted by Crippen LogP contribution is 2.33. The minimum absolute atomic E-state index is 0.0290. The van der Waals surface area contributed by atoms with Gasteiger partial charge in [0.05, 0.1) is 34.9 Å². The Morgan fingerprint density at radius 1 is 0.750 bits per heavy atom. The third-order valence-electron chi connectivity index (χ3n) is 10.4. The van der Waals surface area contributed by atoms with Crippen LogP contribution in [0.2, 0.25) is 0 Å². The lowest BCUT2D eigenvalue weighted by Crippen LogP contribution is -2.36. The van der Waals surface area contributed by atoms with Gasteiger partial charge >= 0.3 is 17.9 Å². The molecule has 60 heavy (non-hydrogen) atoms. The molecule has 2 aliphatic carbocycles. The van der Waals surface area contributed by atoms with Gasteiger partial charge in [0.2, 0.25) is 16.9 Å². The van der Waals surface area contributed by atoms with E-state index in [-0.39, 0.29) is 60.1 Å². The van der Waals surface area contributed by atoms with E-state index in [0.717, 1.165) is 16.3 Å². The van der Waals surface area contributed by atoms with Crippen LogP contribution in [0.15, 0.2) is 72.9 Å². The van der Waals surface area contributed by atoms with Gasteiger partial charge in [0.25, 0.3) is 0 Å². The first-order valence-corrected chi connectivity index (χ1v) is 21.2. The predicted molar refractivity (Wildman–Crippen MR) is 226 cm³/mol. The minimum Gasteiger partial charge on any atom is -0.463 e. The van der Waals surface area contributed by atoms with Crippen molar-refractivity contribution in [2.24, 2.45) is 28.8 Å². The summed E-state index contributed by atoms with van der Waals surface area (Å²) < 4.78 is 22.9. The van der Waals surface area contributed by atoms with Crippen LogP contribution in [0.4, 0.5) is 5.13 Å². The summed E-state index contributed by atoms with van der Waals surface area (Å²) in [4.78, 5) is 79.2. The number of para-hydroxylation sites is 1. The van der Waals surface area contributed by atoms with Gasteiger partial charge in [-0.15, -0.1) is 0 Å². The second-order valence-corrected chi connectivity index (χ2v) is 15.8. The molecule has 0 spiro atoms. The topological polar surface area (TPSA) is 201 Å². The number of hydrazone groups is 1. The maximum absolute atomic E-state index is 13.4. The number of benzene rings is 2. The van der Waals surface area contributed by atoms with E-state index in [4.69, 9.17) is 18.9 Å². The molecule has 2 amide bonds. The van der Waals surface area contributed by atoms with Gasteiger partial charge < -0.3 is 29.6 Å². The molecule has 0 saturated heterocycles. The molecule has 0 unspecified atom stereocenters. The van der Waals surface area contributed by atoms with Crippen molar-refractivity contribution < 1.29 is 47.7 Å². The Labute approximate surface area is 353 Å². The van der Waals surface area contributed by atoms with Gasteiger partial charge in [-0.3, -0.25) is 29.4 Å². The van der Waals surface area contributed by atoms with Gasteiger partial charge in [-0.1, -0.05) is 36.6 Å². The molecule has 0 atom stereocenters. The molecule has 320 valence electrons. The maximum atomic E-state index is 13.4. The third kappa shape index (κ3) is 14.2. The SMILES string of the molecule is C=CC(=O)COCCCNC(=O)C1CCC(C(=O)Oc2ccc(OC(=O)C3CCC(C(=O)NCCCCOC(=O)C=C)CC3)cc2/C=N/Nc2nc3ccccc3s2)CC1. The summed E-state index contributed by atoms with van der Waals surface area (Å²) in [5, 5.41) is 10.8. The van der Waals surface area contributed by atoms with Crippen LogP contribution in [0.25, 0.3) is 10.2 Å². The Balaban J connectivity index is 1.13. The normalized spacial score (nSPS) is 18.9. The number of amides is 2. The molecule has 16 heteroatoms. The molecule has 5 rings (SSSR count). The summed E-state index contributed by atoms with van der Waals surface area (Å²) in [6, 6.07) is 12.4. The number of ketones is 1. The first-order valence-electron chi connectivity index (χ1n) is 20.4. The molecule has 3 N–H and O–H groups in total. The van der Waals surface area contributed by atoms with Gasteiger partial charge in [-0.2, -0.15) is 5.10 Å². The van der Waals surface area contributed by atoms with Gasteiger partial charge in [0.15, 0.2) is 5.78 Å². The molecule has 15 nitrogen and oxygen atoms in total. The van der Waals surface area contributed by atoms with Crippen LogP contribution in [0.3, 0.4) is 0 Å². The number of hydrogen-bond acceptors (Lipinski definition) is 14. The molecule has 2 fully saturated rings. The van der Waals surface area contributed by atoms with E-state index in [1.54, 1.807) is 18.2 Å². The molecular weight excluding hydrogens is 791 g/mol. The Morgan fingerprint density at radius 2 is 1.38 bits per heavy atom. The molecular formula is C44H53N5O10S. The summed E-state index contributed by atoms with van der Waals surface area (Å²) in [5.74, 6) is -2.32. The average molecular weight is 844 g/mol. The quantitative estimate of drug-likeness (QED) is 0.0264. The van der Waals surface area contributed by atoms with Crippen molar-refractivity contribution in [1.82, 2.24) is 15.6 Å². The number of unbranched alkanes of at least 4 members (excludes halogenated alkanes) is 1. The molecule has 1 aromatic heterocycles. The second kappa shape index (κ2) is 23.7. The second-order valence-electron chi connectivity index (χ2n) is 14.7. The predicted octanol–water partition coefficient (Wildman–Crippen LogP) is 6.07. The number of ether oxygens (including phenoxy) is 4. The number of carbonyl (C=O) groups excluding carboxylic acids is 6. The van der Waals surface area contributed by atoms with Crippen LogP contribution in [-0.2, 0) is 38.2 Å². The van der Waals surface area contributed by atoms with Crippen molar-refractivity contribution in [3.63, 3.8) is 0 Å². The molecule has 0 aliphatic heterocycles. The molecule has 1 heterocycles. The van der Waals surface area contributed by atoms with Crippen molar-refractivity contribution >= 4 is 68.4 Å². The lowest BCUT2D eigenvalue weighted by Gasteiger charge is -2.27. The molecule has 2 saturated carbocycles. The van der Waals surface area contributed by atoms with E-state index in [0.29, 0.717) is 101 Å². The fraction of sp³-hybridized carbons (Fsp3) is 0.455. The van der Waals surface area contributed by atoms with Crippen LogP contribution < -0.4 is 25.5 Å². The zero-order valence-corrected chi connectivity index (χ0v) is 34.5. The number of nitrogens with zero attached hydrogens (tertiary/aromatic N) is 2. The highest BCUT2D eigenvalue weighted by atomic mass is 32.1. The highest BCUT2D eigenvalue weighted by Gasteiger charge is 2.33. The van der Waals surface area contributed by atoms with Crippen LogP contribution in [-0.4, -0.2) is 79.6 Å². The molecule has 3 aromatic rings. The van der Waals surface area contributed by atoms with Crippen LogP contribution >= 0.6 is 11.3 Å². The fourth-order valence-electron chi connectivity index (χ4n) is 7.01. The van der Waals surface area contributed by atoms with Crippen molar-refractivity contribution in [3.8, 4) is 11.5 Å². The lowest BCUT2D eigenvalue weighted by atomic mass is 9.81. The lowest BCUT2D eigenvalue weighted by molar-refractivity contribution is -0.142. The van der Waals surface area contributed by atoms with E-state index in [1.807, 2.05) is 24.3 Å². The van der Waals surface area contributed by atoms with Crippen molar-refractivity contribution in [2.75, 3.05) is 38.3 Å². The number of nitrogens with one attached hydrogen (secondary N) is 3. The standard InChI is InChI=1S/C44H53N5O10S/c1-3-34(50)28-56-24-9-23-46-41(53)30-14-18-32(19-15-30)43(55)59-37-21-20-35(26-33(37)27-47-49-44-48-36-10-5-6-11-38(36)60-44)58-42(54)31-16-12-29(13-17-31)40(52)45-22-7-8-25-57-39(51)4-2/h3-6,10-11,20-21,26-27,29-32H,1-2,7-9,12-19,22-25,28H2,(H,45,52)(H,46,53)(H,48,49)/b47-27+. The number of carbonyl (C=O) groups is 6. The van der Waals surface area contributed by atoms with Crippen molar-refractivity contribution in [2.45, 2.75) is 70.6 Å². The molecule has 0 bridgehead atoms. The van der Waals surface area contributed by atoms with E-state index in [9.17, 15) is 28.8 Å². The highest BCUT2D eigenvalue weighted by molar-refractivity contribution is 7.22. The number of esters is 3. The fourth-order valence-corrected chi connectivity index (χ4v) is 7.83. The molecule has 2 aliphatic rings. The summed E-state index contributed by atoms with van der Waals surface area (Å²) >= 11 is 1.43. The molecule has 0 radical (unpaired) electrons. The van der Waals surface area contributed by atoms with E-state index in [2.05, 4.69) is 39.3 Å². The number of thiazole rings is 1. The number of rotatable bonds is 22. The van der Waals surface area contributed by atoms with Gasteiger partial charge in [-0.05, 0) is 107 Å². The monoisotopic (exact) mass is 843 g/mol. The van der Waals surface area contributed by atoms with Gasteiger partial charge in [0, 0.05) is 43.2 Å². The summed E-state index contributed by atoms with van der Waals surface area (Å²) in [6.07, 6.45) is 9.82.